The van der Waals surface area contributed by atoms with Crippen molar-refractivity contribution in [1.82, 2.24) is 0 Å². The van der Waals surface area contributed by atoms with E-state index in [-0.39, 0.29) is 10.6 Å². The van der Waals surface area contributed by atoms with E-state index in [0.717, 1.165) is 0 Å². The van der Waals surface area contributed by atoms with Crippen LogP contribution in [-0.2, 0) is 9.84 Å². The molecule has 1 atom stereocenters. The summed E-state index contributed by atoms with van der Waals surface area (Å²) in [6, 6.07) is 6.57. The van der Waals surface area contributed by atoms with Crippen LogP contribution in [0, 0.1) is 0 Å². The van der Waals surface area contributed by atoms with Crippen molar-refractivity contribution in [3.63, 3.8) is 0 Å². The van der Waals surface area contributed by atoms with E-state index < -0.39 is 15.9 Å². The highest BCUT2D eigenvalue weighted by Crippen LogP contribution is 2.24. The Kier molecular flexibility index (Phi) is 4.96. The van der Waals surface area contributed by atoms with Crippen molar-refractivity contribution in [3.8, 4) is 5.75 Å². The zero-order valence-electron chi connectivity index (χ0n) is 10.1. The second kappa shape index (κ2) is 6.02. The highest BCUT2D eigenvalue weighted by atomic mass is 32.2. The summed E-state index contributed by atoms with van der Waals surface area (Å²) in [5, 5.41) is 9.10. The molecule has 1 unspecified atom stereocenters. The number of methoxy groups -OCH3 is 1. The normalized spacial score (nSPS) is 13.4. The van der Waals surface area contributed by atoms with Crippen LogP contribution in [0.25, 0.3) is 0 Å². The van der Waals surface area contributed by atoms with Crippen molar-refractivity contribution in [1.29, 1.82) is 0 Å². The minimum Gasteiger partial charge on any atom is -0.495 e. The molecule has 0 bridgehead atoms. The molecule has 0 aromatic heterocycles. The quantitative estimate of drug-likeness (QED) is 0.842. The van der Waals surface area contributed by atoms with Crippen LogP contribution in [0.4, 0.5) is 0 Å². The molecule has 1 aromatic rings. The Morgan fingerprint density at radius 2 is 2.00 bits per heavy atom. The molecule has 0 saturated heterocycles. The first-order chi connectivity index (χ1) is 7.97. The fourth-order valence-corrected chi connectivity index (χ4v) is 3.06. The van der Waals surface area contributed by atoms with Crippen molar-refractivity contribution < 1.29 is 18.3 Å². The van der Waals surface area contributed by atoms with Gasteiger partial charge in [0.25, 0.3) is 0 Å². The molecule has 1 N–H and O–H groups in total. The topological polar surface area (TPSA) is 63.6 Å². The lowest BCUT2D eigenvalue weighted by Crippen LogP contribution is -2.10. The standard InChI is InChI=1S/C12H18O4S/c1-10(13)6-5-9-17(14,15)12-8-4-3-7-11(12)16-2/h3-4,7-8,10,13H,5-6,9H2,1-2H3. The SMILES string of the molecule is COc1ccccc1S(=O)(=O)CCCC(C)O. The third-order valence-corrected chi connectivity index (χ3v) is 4.27. The maximum Gasteiger partial charge on any atom is 0.182 e. The average molecular weight is 258 g/mol. The molecule has 0 aliphatic heterocycles. The van der Waals surface area contributed by atoms with Crippen LogP contribution in [0.5, 0.6) is 5.75 Å². The average Bonchev–Trinajstić information content (AvgIpc) is 2.28. The summed E-state index contributed by atoms with van der Waals surface area (Å²) in [5.41, 5.74) is 0. The molecule has 5 heteroatoms. The summed E-state index contributed by atoms with van der Waals surface area (Å²) >= 11 is 0. The molecule has 0 heterocycles. The van der Waals surface area contributed by atoms with Gasteiger partial charge in [0.2, 0.25) is 0 Å². The Hall–Kier alpha value is -1.07. The molecule has 4 nitrogen and oxygen atoms in total. The molecule has 0 spiro atoms. The summed E-state index contributed by atoms with van der Waals surface area (Å²) in [7, 11) is -1.89. The van der Waals surface area contributed by atoms with Gasteiger partial charge in [-0.1, -0.05) is 12.1 Å². The number of benzene rings is 1. The number of aliphatic hydroxyl groups excluding tert-OH is 1. The van der Waals surface area contributed by atoms with Gasteiger partial charge < -0.3 is 9.84 Å². The van der Waals surface area contributed by atoms with E-state index in [0.29, 0.717) is 18.6 Å². The van der Waals surface area contributed by atoms with Gasteiger partial charge in [-0.15, -0.1) is 0 Å². The van der Waals surface area contributed by atoms with Gasteiger partial charge >= 0.3 is 0 Å². The number of hydrogen-bond acceptors (Lipinski definition) is 4. The first kappa shape index (κ1) is 14.0. The molecule has 0 aliphatic carbocycles. The highest BCUT2D eigenvalue weighted by Gasteiger charge is 2.18. The van der Waals surface area contributed by atoms with Gasteiger partial charge in [-0.2, -0.15) is 0 Å². The monoisotopic (exact) mass is 258 g/mol. The predicted molar refractivity (Wildman–Crippen MR) is 66.0 cm³/mol. The molecule has 96 valence electrons. The van der Waals surface area contributed by atoms with Crippen molar-refractivity contribution in [3.05, 3.63) is 24.3 Å². The summed E-state index contributed by atoms with van der Waals surface area (Å²) in [6.45, 7) is 1.65. The summed E-state index contributed by atoms with van der Waals surface area (Å²) in [5.74, 6) is 0.391. The molecule has 0 fully saturated rings. The molecule has 0 amide bonds. The van der Waals surface area contributed by atoms with Crippen LogP contribution < -0.4 is 4.74 Å². The lowest BCUT2D eigenvalue weighted by molar-refractivity contribution is 0.184. The third kappa shape index (κ3) is 4.02. The Morgan fingerprint density at radius 1 is 1.35 bits per heavy atom. The Morgan fingerprint density at radius 3 is 2.59 bits per heavy atom. The second-order valence-corrected chi connectivity index (χ2v) is 6.04. The van der Waals surface area contributed by atoms with E-state index in [9.17, 15) is 8.42 Å². The van der Waals surface area contributed by atoms with Crippen molar-refractivity contribution in [2.75, 3.05) is 12.9 Å². The van der Waals surface area contributed by atoms with Crippen LogP contribution >= 0.6 is 0 Å². The molecular weight excluding hydrogens is 240 g/mol. The van der Waals surface area contributed by atoms with Crippen molar-refractivity contribution >= 4 is 9.84 Å². The molecular formula is C12H18O4S. The van der Waals surface area contributed by atoms with Crippen LogP contribution in [0.2, 0.25) is 0 Å². The van der Waals surface area contributed by atoms with Crippen LogP contribution in [-0.4, -0.2) is 32.5 Å². The molecule has 1 aromatic carbocycles. The van der Waals surface area contributed by atoms with Gasteiger partial charge in [-0.3, -0.25) is 0 Å². The van der Waals surface area contributed by atoms with Crippen LogP contribution in [0.3, 0.4) is 0 Å². The van der Waals surface area contributed by atoms with Gasteiger partial charge in [-0.25, -0.2) is 8.42 Å². The maximum atomic E-state index is 12.0. The van der Waals surface area contributed by atoms with E-state index in [1.807, 2.05) is 0 Å². The van der Waals surface area contributed by atoms with Gasteiger partial charge in [0.05, 0.1) is 19.0 Å². The number of hydrogen-bond donors (Lipinski definition) is 1. The minimum atomic E-state index is -3.33. The fourth-order valence-electron chi connectivity index (χ4n) is 1.55. The van der Waals surface area contributed by atoms with Crippen molar-refractivity contribution in [2.24, 2.45) is 0 Å². The zero-order chi connectivity index (χ0) is 12.9. The van der Waals surface area contributed by atoms with Crippen molar-refractivity contribution in [2.45, 2.75) is 30.8 Å². The Labute approximate surface area is 102 Å². The smallest absolute Gasteiger partial charge is 0.182 e. The summed E-state index contributed by atoms with van der Waals surface area (Å²) < 4.78 is 29.1. The van der Waals surface area contributed by atoms with E-state index in [1.165, 1.54) is 13.2 Å². The molecule has 17 heavy (non-hydrogen) atoms. The summed E-state index contributed by atoms with van der Waals surface area (Å²) in [4.78, 5) is 0.216. The number of sulfone groups is 1. The van der Waals surface area contributed by atoms with Gasteiger partial charge in [-0.05, 0) is 31.9 Å². The molecule has 0 saturated carbocycles. The molecule has 1 rings (SSSR count). The third-order valence-electron chi connectivity index (χ3n) is 2.44. The lowest BCUT2D eigenvalue weighted by atomic mass is 10.2. The minimum absolute atomic E-state index is 0.0261. The second-order valence-electron chi connectivity index (χ2n) is 3.96. The maximum absolute atomic E-state index is 12.0. The number of rotatable bonds is 6. The van der Waals surface area contributed by atoms with Gasteiger partial charge in [0.1, 0.15) is 10.6 Å². The van der Waals surface area contributed by atoms with Crippen LogP contribution in [0.15, 0.2) is 29.2 Å². The molecule has 0 aliphatic rings. The Balaban J connectivity index is 2.82. The van der Waals surface area contributed by atoms with Gasteiger partial charge in [0, 0.05) is 0 Å². The first-order valence-electron chi connectivity index (χ1n) is 5.51. The van der Waals surface area contributed by atoms with Gasteiger partial charge in [0.15, 0.2) is 9.84 Å². The van der Waals surface area contributed by atoms with Crippen LogP contribution in [0.1, 0.15) is 19.8 Å². The van der Waals surface area contributed by atoms with E-state index in [1.54, 1.807) is 25.1 Å². The predicted octanol–water partition coefficient (Wildman–Crippen LogP) is 1.63. The van der Waals surface area contributed by atoms with E-state index >= 15 is 0 Å². The highest BCUT2D eigenvalue weighted by molar-refractivity contribution is 7.91. The zero-order valence-corrected chi connectivity index (χ0v) is 10.9. The molecule has 0 radical (unpaired) electrons. The number of para-hydroxylation sites is 1. The number of aliphatic hydroxyl groups is 1. The fraction of sp³-hybridized carbons (Fsp3) is 0.500. The van der Waals surface area contributed by atoms with E-state index in [4.69, 9.17) is 9.84 Å². The summed E-state index contributed by atoms with van der Waals surface area (Å²) in [6.07, 6.45) is 0.453. The lowest BCUT2D eigenvalue weighted by Gasteiger charge is -2.09. The van der Waals surface area contributed by atoms with E-state index in [2.05, 4.69) is 0 Å². The Bertz CT molecular complexity index is 451. The number of ether oxygens (including phenoxy) is 1. The largest absolute Gasteiger partial charge is 0.495 e. The first-order valence-corrected chi connectivity index (χ1v) is 7.16.